The number of fused-ring (bicyclic) bond motifs is 1. The lowest BCUT2D eigenvalue weighted by Crippen LogP contribution is -2.42. The topological polar surface area (TPSA) is 70.1 Å². The van der Waals surface area contributed by atoms with Gasteiger partial charge in [0.15, 0.2) is 0 Å². The third kappa shape index (κ3) is 3.00. The van der Waals surface area contributed by atoms with E-state index in [4.69, 9.17) is 0 Å². The fraction of sp³-hybridized carbons (Fsp3) is 0.733. The number of nitrogens with zero attached hydrogens (tertiary/aromatic N) is 2. The number of rotatable bonds is 5. The summed E-state index contributed by atoms with van der Waals surface area (Å²) in [5.41, 5.74) is 3.20. The Morgan fingerprint density at radius 3 is 3.05 bits per heavy atom. The highest BCUT2D eigenvalue weighted by Gasteiger charge is 2.30. The Labute approximate surface area is 120 Å². The first-order valence-corrected chi connectivity index (χ1v) is 7.65. The van der Waals surface area contributed by atoms with E-state index in [1.165, 1.54) is 17.7 Å². The molecule has 1 atom stereocenters. The number of aryl methyl sites for hydroxylation is 2. The lowest BCUT2D eigenvalue weighted by Gasteiger charge is -2.21. The first kappa shape index (κ1) is 13.9. The molecule has 0 bridgehead atoms. The van der Waals surface area contributed by atoms with Crippen LogP contribution >= 0.6 is 0 Å². The van der Waals surface area contributed by atoms with E-state index in [-0.39, 0.29) is 0 Å². The summed E-state index contributed by atoms with van der Waals surface area (Å²) in [6.07, 6.45) is 5.11. The molecule has 2 heterocycles. The molecule has 1 aromatic rings. The van der Waals surface area contributed by atoms with Crippen LogP contribution in [-0.2, 0) is 19.3 Å². The van der Waals surface area contributed by atoms with Crippen LogP contribution in [-0.4, -0.2) is 46.9 Å². The van der Waals surface area contributed by atoms with Gasteiger partial charge in [0.1, 0.15) is 5.82 Å². The predicted molar refractivity (Wildman–Crippen MR) is 77.8 cm³/mol. The van der Waals surface area contributed by atoms with Crippen LogP contribution in [0.1, 0.15) is 35.6 Å². The lowest BCUT2D eigenvalue weighted by molar-refractivity contribution is 0.0614. The van der Waals surface area contributed by atoms with Crippen LogP contribution in [0.3, 0.4) is 0 Å². The monoisotopic (exact) mass is 276 g/mol. The minimum Gasteiger partial charge on any atom is -0.387 e. The van der Waals surface area contributed by atoms with Crippen molar-refractivity contribution >= 4 is 0 Å². The van der Waals surface area contributed by atoms with E-state index in [2.05, 4.69) is 27.5 Å². The maximum Gasteiger partial charge on any atom is 0.130 e. The Balaban J connectivity index is 1.50. The zero-order valence-corrected chi connectivity index (χ0v) is 12.2. The molecule has 1 aliphatic heterocycles. The molecule has 0 unspecified atom stereocenters. The molecule has 0 saturated carbocycles. The van der Waals surface area contributed by atoms with E-state index in [1.54, 1.807) is 0 Å². The fourth-order valence-corrected chi connectivity index (χ4v) is 3.20. The van der Waals surface area contributed by atoms with Crippen molar-refractivity contribution in [1.29, 1.82) is 0 Å². The summed E-state index contributed by atoms with van der Waals surface area (Å²) >= 11 is 0. The standard InChI is InChI=1S/C15H24N4O/c1-11-12-3-2-4-13(12)19-14(18-11)5-7-16-9-15(20)6-8-17-10-15/h16-17,20H,2-10H2,1H3/t15-/m0/s1. The molecule has 3 rings (SSSR count). The van der Waals surface area contributed by atoms with Gasteiger partial charge in [-0.05, 0) is 44.7 Å². The molecule has 2 aliphatic rings. The average molecular weight is 276 g/mol. The maximum atomic E-state index is 10.2. The molecule has 5 nitrogen and oxygen atoms in total. The van der Waals surface area contributed by atoms with Gasteiger partial charge in [0.25, 0.3) is 0 Å². The van der Waals surface area contributed by atoms with Crippen LogP contribution in [0.25, 0.3) is 0 Å². The molecule has 1 saturated heterocycles. The summed E-state index contributed by atoms with van der Waals surface area (Å²) < 4.78 is 0. The van der Waals surface area contributed by atoms with Gasteiger partial charge in [-0.1, -0.05) is 0 Å². The van der Waals surface area contributed by atoms with E-state index < -0.39 is 5.60 Å². The van der Waals surface area contributed by atoms with Gasteiger partial charge >= 0.3 is 0 Å². The lowest BCUT2D eigenvalue weighted by atomic mass is 10.0. The molecular formula is C15H24N4O. The molecule has 1 fully saturated rings. The van der Waals surface area contributed by atoms with Crippen LogP contribution in [0.4, 0.5) is 0 Å². The van der Waals surface area contributed by atoms with Crippen molar-refractivity contribution in [3.8, 4) is 0 Å². The third-order valence-corrected chi connectivity index (χ3v) is 4.39. The van der Waals surface area contributed by atoms with Gasteiger partial charge in [0.2, 0.25) is 0 Å². The highest BCUT2D eigenvalue weighted by atomic mass is 16.3. The molecule has 1 aromatic heterocycles. The molecule has 0 spiro atoms. The molecule has 1 aliphatic carbocycles. The Morgan fingerprint density at radius 2 is 2.25 bits per heavy atom. The van der Waals surface area contributed by atoms with Crippen molar-refractivity contribution in [2.75, 3.05) is 26.2 Å². The van der Waals surface area contributed by atoms with Crippen LogP contribution in [0.5, 0.6) is 0 Å². The smallest absolute Gasteiger partial charge is 0.130 e. The van der Waals surface area contributed by atoms with E-state index in [1.807, 2.05) is 0 Å². The van der Waals surface area contributed by atoms with E-state index in [0.29, 0.717) is 13.1 Å². The van der Waals surface area contributed by atoms with Gasteiger partial charge in [-0.3, -0.25) is 0 Å². The molecule has 3 N–H and O–H groups in total. The highest BCUT2D eigenvalue weighted by Crippen LogP contribution is 2.22. The number of hydrogen-bond acceptors (Lipinski definition) is 5. The van der Waals surface area contributed by atoms with Crippen molar-refractivity contribution in [2.24, 2.45) is 0 Å². The van der Waals surface area contributed by atoms with E-state index in [9.17, 15) is 5.11 Å². The Morgan fingerprint density at radius 1 is 1.35 bits per heavy atom. The van der Waals surface area contributed by atoms with Gasteiger partial charge in [-0.2, -0.15) is 0 Å². The van der Waals surface area contributed by atoms with Gasteiger partial charge in [-0.15, -0.1) is 0 Å². The summed E-state index contributed by atoms with van der Waals surface area (Å²) in [6.45, 7) is 5.15. The van der Waals surface area contributed by atoms with Crippen LogP contribution in [0.2, 0.25) is 0 Å². The Bertz CT molecular complexity index is 483. The first-order valence-electron chi connectivity index (χ1n) is 7.65. The summed E-state index contributed by atoms with van der Waals surface area (Å²) in [4.78, 5) is 9.28. The van der Waals surface area contributed by atoms with E-state index >= 15 is 0 Å². The minimum absolute atomic E-state index is 0.575. The third-order valence-electron chi connectivity index (χ3n) is 4.39. The summed E-state index contributed by atoms with van der Waals surface area (Å²) in [5, 5.41) is 16.7. The van der Waals surface area contributed by atoms with Crippen LogP contribution < -0.4 is 10.6 Å². The average Bonchev–Trinajstić information content (AvgIpc) is 3.04. The van der Waals surface area contributed by atoms with Crippen molar-refractivity contribution in [2.45, 2.75) is 44.6 Å². The molecule has 5 heteroatoms. The van der Waals surface area contributed by atoms with E-state index in [0.717, 1.165) is 50.3 Å². The number of aromatic nitrogens is 2. The van der Waals surface area contributed by atoms with Crippen LogP contribution in [0.15, 0.2) is 0 Å². The maximum absolute atomic E-state index is 10.2. The van der Waals surface area contributed by atoms with Gasteiger partial charge in [0.05, 0.1) is 5.60 Å². The second-order valence-electron chi connectivity index (χ2n) is 6.08. The normalized spacial score (nSPS) is 25.1. The van der Waals surface area contributed by atoms with Gasteiger partial charge in [-0.25, -0.2) is 9.97 Å². The quantitative estimate of drug-likeness (QED) is 0.667. The zero-order valence-electron chi connectivity index (χ0n) is 12.2. The largest absolute Gasteiger partial charge is 0.387 e. The van der Waals surface area contributed by atoms with Crippen molar-refractivity contribution in [3.63, 3.8) is 0 Å². The summed E-state index contributed by atoms with van der Waals surface area (Å²) in [6, 6.07) is 0. The van der Waals surface area contributed by atoms with Gasteiger partial charge < -0.3 is 15.7 Å². The Kier molecular flexibility index (Phi) is 4.01. The van der Waals surface area contributed by atoms with Gasteiger partial charge in [0, 0.05) is 37.4 Å². The van der Waals surface area contributed by atoms with Crippen molar-refractivity contribution in [1.82, 2.24) is 20.6 Å². The second-order valence-corrected chi connectivity index (χ2v) is 6.08. The predicted octanol–water partition coefficient (Wildman–Crippen LogP) is 0.130. The minimum atomic E-state index is -0.575. The highest BCUT2D eigenvalue weighted by molar-refractivity contribution is 5.29. The first-order chi connectivity index (χ1) is 9.66. The molecule has 0 amide bonds. The molecule has 0 radical (unpaired) electrons. The van der Waals surface area contributed by atoms with Crippen molar-refractivity contribution in [3.05, 3.63) is 22.8 Å². The van der Waals surface area contributed by atoms with Crippen LogP contribution in [0, 0.1) is 6.92 Å². The number of nitrogens with one attached hydrogen (secondary N) is 2. The zero-order chi connectivity index (χ0) is 14.0. The second kappa shape index (κ2) is 5.76. The number of hydrogen-bond donors (Lipinski definition) is 3. The summed E-state index contributed by atoms with van der Waals surface area (Å²) in [5.74, 6) is 0.937. The molecule has 20 heavy (non-hydrogen) atoms. The fourth-order valence-electron chi connectivity index (χ4n) is 3.20. The number of aliphatic hydroxyl groups is 1. The Hall–Kier alpha value is -1.04. The SMILES string of the molecule is Cc1nc(CCNC[C@@]2(O)CCNC2)nc2c1CCC2. The molecular weight excluding hydrogens is 252 g/mol. The number of β-amino-alcohol motifs (C(OH)–C–C–N with tert-alkyl or cyclic N) is 1. The molecule has 0 aromatic carbocycles. The molecule has 110 valence electrons. The van der Waals surface area contributed by atoms with Crippen molar-refractivity contribution < 1.29 is 5.11 Å². The summed E-state index contributed by atoms with van der Waals surface area (Å²) in [7, 11) is 0.